The van der Waals surface area contributed by atoms with Gasteiger partial charge >= 0.3 is 0 Å². The number of sulfonamides is 1. The number of carbonyl (C=O) groups excluding carboxylic acids is 2. The second-order valence-corrected chi connectivity index (χ2v) is 13.2. The molecule has 41 heavy (non-hydrogen) atoms. The summed E-state index contributed by atoms with van der Waals surface area (Å²) in [5.41, 5.74) is 3.77. The second-order valence-electron chi connectivity index (χ2n) is 10.8. The predicted molar refractivity (Wildman–Crippen MR) is 164 cm³/mol. The Morgan fingerprint density at radius 2 is 1.61 bits per heavy atom. The van der Waals surface area contributed by atoms with Crippen molar-refractivity contribution in [3.63, 3.8) is 0 Å². The minimum absolute atomic E-state index is 0.0614. The first-order valence-corrected chi connectivity index (χ1v) is 16.2. The lowest BCUT2D eigenvalue weighted by molar-refractivity contribution is -0.140. The number of rotatable bonds is 11. The fourth-order valence-corrected chi connectivity index (χ4v) is 6.47. The summed E-state index contributed by atoms with van der Waals surface area (Å²) in [4.78, 5) is 29.6. The molecule has 4 rings (SSSR count). The van der Waals surface area contributed by atoms with Crippen LogP contribution in [0.5, 0.6) is 0 Å². The average molecular weight is 596 g/mol. The van der Waals surface area contributed by atoms with Gasteiger partial charge in [-0.25, -0.2) is 8.42 Å². The summed E-state index contributed by atoms with van der Waals surface area (Å²) >= 11 is 6.28. The molecule has 0 bridgehead atoms. The van der Waals surface area contributed by atoms with Crippen molar-refractivity contribution in [2.45, 2.75) is 64.6 Å². The van der Waals surface area contributed by atoms with Crippen molar-refractivity contribution in [1.82, 2.24) is 10.2 Å². The van der Waals surface area contributed by atoms with E-state index in [1.54, 1.807) is 30.3 Å². The third-order valence-corrected chi connectivity index (χ3v) is 9.10. The van der Waals surface area contributed by atoms with Crippen LogP contribution in [0.3, 0.4) is 0 Å². The van der Waals surface area contributed by atoms with Gasteiger partial charge in [0.1, 0.15) is 12.6 Å². The highest BCUT2D eigenvalue weighted by atomic mass is 35.5. The number of aryl methyl sites for hydroxylation is 1. The summed E-state index contributed by atoms with van der Waals surface area (Å²) in [6, 6.07) is 21.3. The highest BCUT2D eigenvalue weighted by Crippen LogP contribution is 2.26. The summed E-state index contributed by atoms with van der Waals surface area (Å²) < 4.78 is 27.2. The van der Waals surface area contributed by atoms with E-state index < -0.39 is 28.5 Å². The Morgan fingerprint density at radius 3 is 2.27 bits per heavy atom. The molecule has 1 N–H and O–H groups in total. The lowest BCUT2D eigenvalue weighted by atomic mass is 10.0. The largest absolute Gasteiger partial charge is 0.352 e. The molecule has 0 saturated heterocycles. The summed E-state index contributed by atoms with van der Waals surface area (Å²) in [6.45, 7) is 3.39. The SMILES string of the molecule is Cc1cccc(N(CC(=O)N(Cc2cccc(Cl)c2)[C@@H](Cc2ccccc2)C(=O)NC2CCCC2)S(C)(=O)=O)c1C. The number of nitrogens with one attached hydrogen (secondary N) is 1. The number of amides is 2. The van der Waals surface area contributed by atoms with E-state index in [0.717, 1.165) is 58.5 Å². The summed E-state index contributed by atoms with van der Waals surface area (Å²) in [5.74, 6) is -0.715. The summed E-state index contributed by atoms with van der Waals surface area (Å²) in [6.07, 6.45) is 5.30. The molecule has 1 aliphatic rings. The van der Waals surface area contributed by atoms with Crippen molar-refractivity contribution >= 4 is 39.1 Å². The van der Waals surface area contributed by atoms with Crippen LogP contribution >= 0.6 is 11.6 Å². The van der Waals surface area contributed by atoms with Crippen LogP contribution in [-0.2, 0) is 32.6 Å². The van der Waals surface area contributed by atoms with E-state index >= 15 is 0 Å². The minimum atomic E-state index is -3.82. The van der Waals surface area contributed by atoms with Crippen molar-refractivity contribution in [3.8, 4) is 0 Å². The quantitative estimate of drug-likeness (QED) is 0.321. The minimum Gasteiger partial charge on any atom is -0.352 e. The van der Waals surface area contributed by atoms with Gasteiger partial charge in [0.05, 0.1) is 11.9 Å². The van der Waals surface area contributed by atoms with Crippen LogP contribution in [0.15, 0.2) is 72.8 Å². The molecule has 0 aliphatic heterocycles. The molecule has 0 heterocycles. The Balaban J connectivity index is 1.74. The standard InChI is InChI=1S/C32H38ClN3O4S/c1-23-11-9-18-29(24(23)2)36(41(3,39)40)22-31(37)35(21-26-14-10-15-27(33)19-26)30(20-25-12-5-4-6-13-25)32(38)34-28-16-7-8-17-28/h4-6,9-15,18-19,28,30H,7-8,16-17,20-22H2,1-3H3,(H,34,38)/t30-/m0/s1. The molecule has 1 atom stereocenters. The molecule has 1 fully saturated rings. The smallest absolute Gasteiger partial charge is 0.244 e. The number of nitrogens with zero attached hydrogens (tertiary/aromatic N) is 2. The van der Waals surface area contributed by atoms with Crippen LogP contribution < -0.4 is 9.62 Å². The molecular weight excluding hydrogens is 558 g/mol. The fraction of sp³-hybridized carbons (Fsp3) is 0.375. The molecular formula is C32H38ClN3O4S. The predicted octanol–water partition coefficient (Wildman–Crippen LogP) is 5.42. The lowest BCUT2D eigenvalue weighted by Gasteiger charge is -2.34. The molecule has 0 radical (unpaired) electrons. The highest BCUT2D eigenvalue weighted by Gasteiger charge is 2.34. The zero-order valence-electron chi connectivity index (χ0n) is 23.8. The lowest BCUT2D eigenvalue weighted by Crippen LogP contribution is -2.54. The average Bonchev–Trinajstić information content (AvgIpc) is 3.44. The van der Waals surface area contributed by atoms with E-state index in [1.165, 1.54) is 4.90 Å². The first-order chi connectivity index (χ1) is 19.5. The van der Waals surface area contributed by atoms with Crippen molar-refractivity contribution < 1.29 is 18.0 Å². The van der Waals surface area contributed by atoms with E-state index in [9.17, 15) is 18.0 Å². The van der Waals surface area contributed by atoms with Gasteiger partial charge in [-0.05, 0) is 67.1 Å². The maximum absolute atomic E-state index is 14.2. The van der Waals surface area contributed by atoms with Gasteiger partial charge in [0.2, 0.25) is 21.8 Å². The van der Waals surface area contributed by atoms with Crippen LogP contribution in [0.1, 0.15) is 47.9 Å². The third-order valence-electron chi connectivity index (χ3n) is 7.74. The normalized spacial score (nSPS) is 14.4. The Morgan fingerprint density at radius 1 is 0.951 bits per heavy atom. The number of halogens is 1. The van der Waals surface area contributed by atoms with Crippen molar-refractivity contribution in [1.29, 1.82) is 0 Å². The molecule has 3 aromatic carbocycles. The molecule has 218 valence electrons. The topological polar surface area (TPSA) is 86.8 Å². The van der Waals surface area contributed by atoms with Crippen LogP contribution in [0, 0.1) is 13.8 Å². The Labute approximate surface area is 248 Å². The number of carbonyl (C=O) groups is 2. The first-order valence-electron chi connectivity index (χ1n) is 13.9. The molecule has 9 heteroatoms. The van der Waals surface area contributed by atoms with E-state index in [1.807, 2.05) is 56.3 Å². The van der Waals surface area contributed by atoms with Crippen LogP contribution in [0.4, 0.5) is 5.69 Å². The van der Waals surface area contributed by atoms with Crippen LogP contribution in [0.25, 0.3) is 0 Å². The van der Waals surface area contributed by atoms with E-state index in [-0.39, 0.29) is 24.9 Å². The highest BCUT2D eigenvalue weighted by molar-refractivity contribution is 7.92. The zero-order valence-corrected chi connectivity index (χ0v) is 25.4. The number of benzene rings is 3. The third kappa shape index (κ3) is 8.11. The van der Waals surface area contributed by atoms with Gasteiger partial charge in [-0.1, -0.05) is 79.0 Å². The van der Waals surface area contributed by atoms with Gasteiger partial charge in [-0.2, -0.15) is 0 Å². The molecule has 3 aromatic rings. The van der Waals surface area contributed by atoms with E-state index in [4.69, 9.17) is 11.6 Å². The van der Waals surface area contributed by atoms with Crippen molar-refractivity contribution in [2.75, 3.05) is 17.1 Å². The van der Waals surface area contributed by atoms with Crippen LogP contribution in [-0.4, -0.2) is 50.0 Å². The maximum Gasteiger partial charge on any atom is 0.244 e. The first kappa shape index (κ1) is 30.6. The van der Waals surface area contributed by atoms with Gasteiger partial charge < -0.3 is 10.2 Å². The number of anilines is 1. The Bertz CT molecular complexity index is 1470. The van der Waals surface area contributed by atoms with Gasteiger partial charge in [0, 0.05) is 24.0 Å². The van der Waals surface area contributed by atoms with Crippen molar-refractivity contribution in [2.24, 2.45) is 0 Å². The van der Waals surface area contributed by atoms with Gasteiger partial charge in [-0.15, -0.1) is 0 Å². The molecule has 0 aromatic heterocycles. The fourth-order valence-electron chi connectivity index (χ4n) is 5.35. The summed E-state index contributed by atoms with van der Waals surface area (Å²) in [5, 5.41) is 3.68. The second kappa shape index (κ2) is 13.5. The van der Waals surface area contributed by atoms with E-state index in [0.29, 0.717) is 10.7 Å². The molecule has 1 saturated carbocycles. The van der Waals surface area contributed by atoms with Crippen LogP contribution in [0.2, 0.25) is 5.02 Å². The number of hydrogen-bond acceptors (Lipinski definition) is 4. The monoisotopic (exact) mass is 595 g/mol. The van der Waals surface area contributed by atoms with Gasteiger partial charge in [0.15, 0.2) is 0 Å². The van der Waals surface area contributed by atoms with Gasteiger partial charge in [0.25, 0.3) is 0 Å². The zero-order chi connectivity index (χ0) is 29.6. The van der Waals surface area contributed by atoms with Gasteiger partial charge in [-0.3, -0.25) is 13.9 Å². The molecule has 0 unspecified atom stereocenters. The molecule has 7 nitrogen and oxygen atoms in total. The van der Waals surface area contributed by atoms with E-state index in [2.05, 4.69) is 5.32 Å². The maximum atomic E-state index is 14.2. The van der Waals surface area contributed by atoms with Crippen molar-refractivity contribution in [3.05, 3.63) is 100 Å². The molecule has 2 amide bonds. The Hall–Kier alpha value is -3.36. The number of hydrogen-bond donors (Lipinski definition) is 1. The Kier molecular flexibility index (Phi) is 10.1. The summed E-state index contributed by atoms with van der Waals surface area (Å²) in [7, 11) is -3.82. The molecule has 1 aliphatic carbocycles. The molecule has 0 spiro atoms.